The van der Waals surface area contributed by atoms with E-state index in [0.717, 1.165) is 6.42 Å². The van der Waals surface area contributed by atoms with Gasteiger partial charge in [-0.1, -0.05) is 25.9 Å². The summed E-state index contributed by atoms with van der Waals surface area (Å²) in [4.78, 5) is 4.30. The van der Waals surface area contributed by atoms with Gasteiger partial charge in [0.25, 0.3) is 0 Å². The van der Waals surface area contributed by atoms with E-state index in [9.17, 15) is 0 Å². The van der Waals surface area contributed by atoms with Gasteiger partial charge in [-0.05, 0) is 19.3 Å². The smallest absolute Gasteiger partial charge is 0.244 e. The summed E-state index contributed by atoms with van der Waals surface area (Å²) < 4.78 is 10.4. The second-order valence-electron chi connectivity index (χ2n) is 4.63. The third kappa shape index (κ3) is 4.09. The molecule has 0 aliphatic heterocycles. The van der Waals surface area contributed by atoms with Crippen molar-refractivity contribution in [1.82, 2.24) is 15.5 Å². The van der Waals surface area contributed by atoms with Crippen LogP contribution >= 0.6 is 0 Å². The second-order valence-corrected chi connectivity index (χ2v) is 4.63. The first-order valence-electron chi connectivity index (χ1n) is 6.13. The number of hydrogen-bond donors (Lipinski definition) is 1. The minimum absolute atomic E-state index is 0.0799. The molecule has 5 heteroatoms. The van der Waals surface area contributed by atoms with Gasteiger partial charge >= 0.3 is 0 Å². The minimum atomic E-state index is 0.0799. The van der Waals surface area contributed by atoms with Crippen molar-refractivity contribution in [3.05, 3.63) is 11.7 Å². The fourth-order valence-electron chi connectivity index (χ4n) is 1.73. The van der Waals surface area contributed by atoms with Crippen LogP contribution in [0, 0.1) is 12.8 Å². The van der Waals surface area contributed by atoms with Gasteiger partial charge in [0.2, 0.25) is 5.89 Å². The van der Waals surface area contributed by atoms with Gasteiger partial charge in [-0.3, -0.25) is 0 Å². The van der Waals surface area contributed by atoms with Crippen LogP contribution in [0.1, 0.15) is 44.9 Å². The molecular formula is C12H23N3O2. The molecule has 0 saturated heterocycles. The summed E-state index contributed by atoms with van der Waals surface area (Å²) in [7, 11) is 1.71. The summed E-state index contributed by atoms with van der Waals surface area (Å²) in [6.07, 6.45) is 1.00. The number of aryl methyl sites for hydroxylation is 1. The summed E-state index contributed by atoms with van der Waals surface area (Å²) >= 11 is 0. The highest BCUT2D eigenvalue weighted by atomic mass is 16.5. The molecule has 0 fully saturated rings. The Kier molecular flexibility index (Phi) is 5.58. The molecule has 0 radical (unpaired) electrons. The van der Waals surface area contributed by atoms with Crippen molar-refractivity contribution in [2.45, 2.75) is 46.2 Å². The maximum Gasteiger partial charge on any atom is 0.244 e. The van der Waals surface area contributed by atoms with Crippen LogP contribution in [0.4, 0.5) is 0 Å². The zero-order chi connectivity index (χ0) is 12.8. The van der Waals surface area contributed by atoms with E-state index in [2.05, 4.69) is 36.2 Å². The molecule has 1 rings (SSSR count). The second kappa shape index (κ2) is 6.71. The maximum atomic E-state index is 5.25. The number of nitrogens with zero attached hydrogens (tertiary/aromatic N) is 2. The minimum Gasteiger partial charge on any atom is -0.383 e. The van der Waals surface area contributed by atoms with Crippen molar-refractivity contribution >= 4 is 0 Å². The molecule has 1 aromatic rings. The fraction of sp³-hybridized carbons (Fsp3) is 0.833. The molecule has 1 aromatic heterocycles. The predicted molar refractivity (Wildman–Crippen MR) is 65.7 cm³/mol. The highest BCUT2D eigenvalue weighted by molar-refractivity contribution is 4.94. The lowest BCUT2D eigenvalue weighted by Crippen LogP contribution is -2.38. The molecule has 0 aromatic carbocycles. The first kappa shape index (κ1) is 14.1. The summed E-state index contributed by atoms with van der Waals surface area (Å²) in [6, 6.07) is 0.385. The van der Waals surface area contributed by atoms with E-state index in [1.807, 2.05) is 6.92 Å². The van der Waals surface area contributed by atoms with Crippen LogP contribution in [0.15, 0.2) is 4.52 Å². The van der Waals surface area contributed by atoms with Crippen LogP contribution in [0.5, 0.6) is 0 Å². The number of hydrogen-bond acceptors (Lipinski definition) is 5. The van der Waals surface area contributed by atoms with Gasteiger partial charge in [0.1, 0.15) is 0 Å². The number of ether oxygens (including phenoxy) is 1. The molecule has 0 bridgehead atoms. The van der Waals surface area contributed by atoms with Gasteiger partial charge in [-0.2, -0.15) is 4.98 Å². The highest BCUT2D eigenvalue weighted by Gasteiger charge is 2.24. The van der Waals surface area contributed by atoms with E-state index in [0.29, 0.717) is 30.3 Å². The Hall–Kier alpha value is -0.940. The zero-order valence-corrected chi connectivity index (χ0v) is 11.4. The van der Waals surface area contributed by atoms with Crippen LogP contribution in [0.25, 0.3) is 0 Å². The van der Waals surface area contributed by atoms with E-state index in [1.165, 1.54) is 0 Å². The highest BCUT2D eigenvalue weighted by Crippen LogP contribution is 2.21. The molecule has 0 spiro atoms. The van der Waals surface area contributed by atoms with Crippen LogP contribution in [0.3, 0.4) is 0 Å². The van der Waals surface area contributed by atoms with Crippen molar-refractivity contribution in [3.63, 3.8) is 0 Å². The zero-order valence-electron chi connectivity index (χ0n) is 11.4. The van der Waals surface area contributed by atoms with Crippen molar-refractivity contribution in [3.8, 4) is 0 Å². The van der Waals surface area contributed by atoms with Crippen LogP contribution in [-0.4, -0.2) is 29.9 Å². The third-order valence-corrected chi connectivity index (χ3v) is 2.75. The van der Waals surface area contributed by atoms with Crippen LogP contribution < -0.4 is 5.32 Å². The van der Waals surface area contributed by atoms with E-state index in [4.69, 9.17) is 9.26 Å². The lowest BCUT2D eigenvalue weighted by Gasteiger charge is -2.24. The summed E-state index contributed by atoms with van der Waals surface area (Å²) in [5.74, 6) is 1.72. The number of nitrogens with one attached hydrogen (secondary N) is 1. The number of rotatable bonds is 7. The molecule has 1 N–H and O–H groups in total. The molecule has 0 aliphatic rings. The van der Waals surface area contributed by atoms with E-state index in [1.54, 1.807) is 7.11 Å². The third-order valence-electron chi connectivity index (χ3n) is 2.75. The standard InChI is InChI=1S/C12H23N3O2/c1-6-10(7-16-5)14-11(8(2)3)12-13-9(4)15-17-12/h8,10-11,14H,6-7H2,1-5H3/t10-,11+/m0/s1. The van der Waals surface area contributed by atoms with Gasteiger partial charge in [0, 0.05) is 13.2 Å². The number of methoxy groups -OCH3 is 1. The normalized spacial score (nSPS) is 15.2. The summed E-state index contributed by atoms with van der Waals surface area (Å²) in [5.41, 5.74) is 0. The Bertz CT molecular complexity index is 325. The molecule has 0 aliphatic carbocycles. The Morgan fingerprint density at radius 3 is 2.53 bits per heavy atom. The summed E-state index contributed by atoms with van der Waals surface area (Å²) in [5, 5.41) is 7.35. The molecule has 17 heavy (non-hydrogen) atoms. The predicted octanol–water partition coefficient (Wildman–Crippen LogP) is 2.09. The van der Waals surface area contributed by atoms with E-state index in [-0.39, 0.29) is 6.04 Å². The Labute approximate surface area is 103 Å². The van der Waals surface area contributed by atoms with Gasteiger partial charge in [-0.25, -0.2) is 0 Å². The molecule has 0 saturated carbocycles. The molecule has 0 amide bonds. The Morgan fingerprint density at radius 1 is 1.41 bits per heavy atom. The molecule has 98 valence electrons. The quantitative estimate of drug-likeness (QED) is 0.792. The Balaban J connectivity index is 2.72. The fourth-order valence-corrected chi connectivity index (χ4v) is 1.73. The average molecular weight is 241 g/mol. The van der Waals surface area contributed by atoms with Gasteiger partial charge in [0.15, 0.2) is 5.82 Å². The molecule has 0 unspecified atom stereocenters. The largest absolute Gasteiger partial charge is 0.383 e. The first-order valence-corrected chi connectivity index (χ1v) is 6.13. The van der Waals surface area contributed by atoms with Crippen LogP contribution in [-0.2, 0) is 4.74 Å². The first-order chi connectivity index (χ1) is 8.08. The Morgan fingerprint density at radius 2 is 2.12 bits per heavy atom. The molecule has 2 atom stereocenters. The topological polar surface area (TPSA) is 60.2 Å². The lowest BCUT2D eigenvalue weighted by molar-refractivity contribution is 0.147. The lowest BCUT2D eigenvalue weighted by atomic mass is 10.0. The van der Waals surface area contributed by atoms with Crippen molar-refractivity contribution in [2.24, 2.45) is 5.92 Å². The summed E-state index contributed by atoms with van der Waals surface area (Å²) in [6.45, 7) is 8.92. The molecule has 5 nitrogen and oxygen atoms in total. The van der Waals surface area contributed by atoms with Gasteiger partial charge in [-0.15, -0.1) is 0 Å². The van der Waals surface area contributed by atoms with E-state index < -0.39 is 0 Å². The van der Waals surface area contributed by atoms with Gasteiger partial charge in [0.05, 0.1) is 12.6 Å². The monoisotopic (exact) mass is 241 g/mol. The molecule has 1 heterocycles. The van der Waals surface area contributed by atoms with Crippen molar-refractivity contribution in [2.75, 3.05) is 13.7 Å². The molecular weight excluding hydrogens is 218 g/mol. The van der Waals surface area contributed by atoms with E-state index >= 15 is 0 Å². The van der Waals surface area contributed by atoms with Gasteiger partial charge < -0.3 is 14.6 Å². The van der Waals surface area contributed by atoms with Crippen molar-refractivity contribution in [1.29, 1.82) is 0 Å². The average Bonchev–Trinajstić information content (AvgIpc) is 2.70. The number of aromatic nitrogens is 2. The maximum absolute atomic E-state index is 5.25. The van der Waals surface area contributed by atoms with Crippen LogP contribution in [0.2, 0.25) is 0 Å². The van der Waals surface area contributed by atoms with Crippen molar-refractivity contribution < 1.29 is 9.26 Å². The SMILES string of the molecule is CC[C@@H](COC)N[C@@H](c1nc(C)no1)C(C)C.